The fraction of sp³-hybridized carbons (Fsp3) is 0.455. The molecule has 0 saturated carbocycles. The first-order chi connectivity index (χ1) is 6.83. The van der Waals surface area contributed by atoms with Crippen molar-refractivity contribution in [3.05, 3.63) is 23.8 Å². The van der Waals surface area contributed by atoms with E-state index in [2.05, 4.69) is 11.4 Å². The summed E-state index contributed by atoms with van der Waals surface area (Å²) < 4.78 is 10.5. The molecule has 3 heteroatoms. The zero-order valence-corrected chi connectivity index (χ0v) is 8.96. The second kappa shape index (κ2) is 5.50. The van der Waals surface area contributed by atoms with E-state index in [1.54, 1.807) is 14.2 Å². The van der Waals surface area contributed by atoms with Gasteiger partial charge in [-0.25, -0.2) is 0 Å². The van der Waals surface area contributed by atoms with Crippen molar-refractivity contribution in [1.29, 1.82) is 0 Å². The molecule has 3 nitrogen and oxygen atoms in total. The number of rotatable bonds is 5. The molecule has 0 aliphatic carbocycles. The average molecular weight is 195 g/mol. The fourth-order valence-corrected chi connectivity index (χ4v) is 1.41. The van der Waals surface area contributed by atoms with Gasteiger partial charge < -0.3 is 14.8 Å². The summed E-state index contributed by atoms with van der Waals surface area (Å²) in [4.78, 5) is 0. The minimum absolute atomic E-state index is 0.793. The van der Waals surface area contributed by atoms with Crippen LogP contribution in [0.3, 0.4) is 0 Å². The van der Waals surface area contributed by atoms with Gasteiger partial charge in [-0.15, -0.1) is 0 Å². The van der Waals surface area contributed by atoms with Crippen LogP contribution in [0.5, 0.6) is 11.5 Å². The first kappa shape index (κ1) is 10.9. The van der Waals surface area contributed by atoms with Crippen LogP contribution in [0.4, 0.5) is 0 Å². The summed E-state index contributed by atoms with van der Waals surface area (Å²) in [6.07, 6.45) is 0.941. The summed E-state index contributed by atoms with van der Waals surface area (Å²) in [6.45, 7) is 0.934. The molecule has 14 heavy (non-hydrogen) atoms. The molecule has 1 aromatic rings. The molecule has 0 unspecified atom stereocenters. The van der Waals surface area contributed by atoms with E-state index in [9.17, 15) is 0 Å². The normalized spacial score (nSPS) is 9.93. The lowest BCUT2D eigenvalue weighted by atomic mass is 10.1. The first-order valence-electron chi connectivity index (χ1n) is 4.68. The maximum absolute atomic E-state index is 5.31. The van der Waals surface area contributed by atoms with Crippen molar-refractivity contribution in [3.8, 4) is 11.5 Å². The Labute approximate surface area is 85.0 Å². The molecule has 1 N–H and O–H groups in total. The van der Waals surface area contributed by atoms with E-state index in [4.69, 9.17) is 9.47 Å². The van der Waals surface area contributed by atoms with E-state index in [-0.39, 0.29) is 0 Å². The summed E-state index contributed by atoms with van der Waals surface area (Å²) >= 11 is 0. The number of methoxy groups -OCH3 is 2. The third kappa shape index (κ3) is 2.39. The van der Waals surface area contributed by atoms with Crippen LogP contribution in [0.2, 0.25) is 0 Å². The smallest absolute Gasteiger partial charge is 0.163 e. The average Bonchev–Trinajstić information content (AvgIpc) is 2.25. The van der Waals surface area contributed by atoms with Gasteiger partial charge >= 0.3 is 0 Å². The van der Waals surface area contributed by atoms with Gasteiger partial charge in [0.25, 0.3) is 0 Å². The van der Waals surface area contributed by atoms with Crippen molar-refractivity contribution < 1.29 is 9.47 Å². The maximum atomic E-state index is 5.31. The van der Waals surface area contributed by atoms with Gasteiger partial charge in [0, 0.05) is 0 Å². The van der Waals surface area contributed by atoms with Gasteiger partial charge in [-0.3, -0.25) is 0 Å². The molecule has 1 aromatic carbocycles. The minimum atomic E-state index is 0.793. The molecule has 0 heterocycles. The van der Waals surface area contributed by atoms with Crippen molar-refractivity contribution >= 4 is 0 Å². The summed E-state index contributed by atoms with van der Waals surface area (Å²) in [6, 6.07) is 5.94. The third-order valence-corrected chi connectivity index (χ3v) is 2.13. The Morgan fingerprint density at radius 2 is 2.00 bits per heavy atom. The Bertz CT molecular complexity index is 287. The number of para-hydroxylation sites is 1. The quantitative estimate of drug-likeness (QED) is 0.771. The van der Waals surface area contributed by atoms with Gasteiger partial charge in [0.1, 0.15) is 0 Å². The summed E-state index contributed by atoms with van der Waals surface area (Å²) in [7, 11) is 5.26. The van der Waals surface area contributed by atoms with Gasteiger partial charge in [0.15, 0.2) is 11.5 Å². The summed E-state index contributed by atoms with van der Waals surface area (Å²) in [5, 5.41) is 3.11. The van der Waals surface area contributed by atoms with Crippen molar-refractivity contribution in [1.82, 2.24) is 5.32 Å². The Kier molecular flexibility index (Phi) is 4.26. The van der Waals surface area contributed by atoms with Crippen LogP contribution in [0.25, 0.3) is 0 Å². The molecule has 0 amide bonds. The predicted octanol–water partition coefficient (Wildman–Crippen LogP) is 1.47. The van der Waals surface area contributed by atoms with Crippen LogP contribution < -0.4 is 14.8 Å². The Hall–Kier alpha value is -1.22. The van der Waals surface area contributed by atoms with Crippen molar-refractivity contribution in [2.45, 2.75) is 6.42 Å². The zero-order valence-electron chi connectivity index (χ0n) is 8.96. The SMILES string of the molecule is CNCCc1cccc(OC)c1OC. The predicted molar refractivity (Wildman–Crippen MR) is 57.2 cm³/mol. The molecule has 0 saturated heterocycles. The molecule has 78 valence electrons. The van der Waals surface area contributed by atoms with E-state index in [1.165, 1.54) is 5.56 Å². The van der Waals surface area contributed by atoms with Gasteiger partial charge in [0.2, 0.25) is 0 Å². The van der Waals surface area contributed by atoms with E-state index >= 15 is 0 Å². The Morgan fingerprint density at radius 3 is 2.57 bits per heavy atom. The molecule has 0 fully saturated rings. The number of benzene rings is 1. The van der Waals surface area contributed by atoms with Gasteiger partial charge in [-0.1, -0.05) is 12.1 Å². The summed E-state index contributed by atoms with van der Waals surface area (Å²) in [5.74, 6) is 1.63. The fourth-order valence-electron chi connectivity index (χ4n) is 1.41. The molecule has 0 aliphatic heterocycles. The van der Waals surface area contributed by atoms with Crippen LogP contribution in [0.1, 0.15) is 5.56 Å². The number of hydrogen-bond donors (Lipinski definition) is 1. The Morgan fingerprint density at radius 1 is 1.21 bits per heavy atom. The van der Waals surface area contributed by atoms with E-state index < -0.39 is 0 Å². The lowest BCUT2D eigenvalue weighted by Crippen LogP contribution is -2.11. The monoisotopic (exact) mass is 195 g/mol. The highest BCUT2D eigenvalue weighted by molar-refractivity contribution is 5.46. The molecular formula is C11H17NO2. The van der Waals surface area contributed by atoms with Gasteiger partial charge in [-0.2, -0.15) is 0 Å². The molecule has 1 rings (SSSR count). The van der Waals surface area contributed by atoms with E-state index in [0.717, 1.165) is 24.5 Å². The van der Waals surface area contributed by atoms with Crippen LogP contribution in [0.15, 0.2) is 18.2 Å². The molecule has 0 radical (unpaired) electrons. The summed E-state index contributed by atoms with van der Waals surface area (Å²) in [5.41, 5.74) is 1.17. The van der Waals surface area contributed by atoms with Crippen LogP contribution in [0, 0.1) is 0 Å². The number of nitrogens with one attached hydrogen (secondary N) is 1. The molecule has 0 spiro atoms. The Balaban J connectivity index is 2.90. The van der Waals surface area contributed by atoms with Crippen molar-refractivity contribution in [2.24, 2.45) is 0 Å². The second-order valence-electron chi connectivity index (χ2n) is 3.01. The topological polar surface area (TPSA) is 30.5 Å². The van der Waals surface area contributed by atoms with Crippen molar-refractivity contribution in [2.75, 3.05) is 27.8 Å². The van der Waals surface area contributed by atoms with Gasteiger partial charge in [0.05, 0.1) is 14.2 Å². The maximum Gasteiger partial charge on any atom is 0.163 e. The van der Waals surface area contributed by atoms with Crippen molar-refractivity contribution in [3.63, 3.8) is 0 Å². The third-order valence-electron chi connectivity index (χ3n) is 2.13. The molecular weight excluding hydrogens is 178 g/mol. The highest BCUT2D eigenvalue weighted by Gasteiger charge is 2.07. The molecule has 0 aromatic heterocycles. The van der Waals surface area contributed by atoms with E-state index in [1.807, 2.05) is 19.2 Å². The lowest BCUT2D eigenvalue weighted by Gasteiger charge is -2.11. The largest absolute Gasteiger partial charge is 0.493 e. The minimum Gasteiger partial charge on any atom is -0.493 e. The van der Waals surface area contributed by atoms with Crippen LogP contribution in [-0.2, 0) is 6.42 Å². The van der Waals surface area contributed by atoms with E-state index in [0.29, 0.717) is 0 Å². The first-order valence-corrected chi connectivity index (χ1v) is 4.68. The number of ether oxygens (including phenoxy) is 2. The zero-order chi connectivity index (χ0) is 10.4. The molecule has 0 atom stereocenters. The second-order valence-corrected chi connectivity index (χ2v) is 3.01. The lowest BCUT2D eigenvalue weighted by molar-refractivity contribution is 0.351. The highest BCUT2D eigenvalue weighted by Crippen LogP contribution is 2.30. The molecule has 0 aliphatic rings. The standard InChI is InChI=1S/C11H17NO2/c1-12-8-7-9-5-4-6-10(13-2)11(9)14-3/h4-6,12H,7-8H2,1-3H3. The number of likely N-dealkylation sites (N-methyl/N-ethyl adjacent to an activating group) is 1. The van der Waals surface area contributed by atoms with Crippen LogP contribution >= 0.6 is 0 Å². The van der Waals surface area contributed by atoms with Gasteiger partial charge in [-0.05, 0) is 31.6 Å². The number of hydrogen-bond acceptors (Lipinski definition) is 3. The molecule has 0 bridgehead atoms. The van der Waals surface area contributed by atoms with Crippen LogP contribution in [-0.4, -0.2) is 27.8 Å². The highest BCUT2D eigenvalue weighted by atomic mass is 16.5.